The van der Waals surface area contributed by atoms with Crippen molar-refractivity contribution < 1.29 is 14.0 Å². The Balaban J connectivity index is 1.66. The number of hydrogen-bond donors (Lipinski definition) is 1. The highest BCUT2D eigenvalue weighted by molar-refractivity contribution is 7.99. The Morgan fingerprint density at radius 1 is 1.18 bits per heavy atom. The minimum Gasteiger partial charge on any atom is -0.461 e. The maximum Gasteiger partial charge on any atom is 0.234 e. The molecule has 7 nitrogen and oxygen atoms in total. The maximum atomic E-state index is 12.3. The van der Waals surface area contributed by atoms with E-state index in [4.69, 9.17) is 4.42 Å². The van der Waals surface area contributed by atoms with E-state index in [2.05, 4.69) is 29.4 Å². The first kappa shape index (κ1) is 19.9. The van der Waals surface area contributed by atoms with Crippen molar-refractivity contribution in [3.05, 3.63) is 48.2 Å². The van der Waals surface area contributed by atoms with Gasteiger partial charge in [0.25, 0.3) is 0 Å². The van der Waals surface area contributed by atoms with Gasteiger partial charge in [0.05, 0.1) is 12.0 Å². The molecule has 1 N–H and O–H groups in total. The van der Waals surface area contributed by atoms with Crippen LogP contribution in [0.25, 0.3) is 11.6 Å². The van der Waals surface area contributed by atoms with Crippen LogP contribution < -0.4 is 5.32 Å². The second kappa shape index (κ2) is 8.88. The van der Waals surface area contributed by atoms with E-state index in [0.717, 1.165) is 6.54 Å². The number of thioether (sulfide) groups is 1. The molecule has 0 bridgehead atoms. The molecule has 2 aromatic heterocycles. The molecular formula is C20H22N4O3S. The van der Waals surface area contributed by atoms with Crippen LogP contribution in [0.3, 0.4) is 0 Å². The highest BCUT2D eigenvalue weighted by Gasteiger charge is 2.18. The van der Waals surface area contributed by atoms with Crippen molar-refractivity contribution in [3.63, 3.8) is 0 Å². The van der Waals surface area contributed by atoms with Crippen molar-refractivity contribution in [2.75, 3.05) is 11.1 Å². The summed E-state index contributed by atoms with van der Waals surface area (Å²) in [7, 11) is 0. The summed E-state index contributed by atoms with van der Waals surface area (Å²) in [5, 5.41) is 12.0. The zero-order chi connectivity index (χ0) is 20.1. The normalized spacial score (nSPS) is 11.0. The number of amides is 1. The first-order chi connectivity index (χ1) is 13.4. The SMILES string of the molecule is CC(=O)c1ccc(NC(=O)CSc2nnc(-c3ccco3)n2CC(C)C)cc1. The number of rotatable bonds is 8. The number of Topliss-reactive ketones (excluding diaryl/α,β-unsaturated/α-hetero) is 1. The van der Waals surface area contributed by atoms with Crippen LogP contribution in [0.15, 0.2) is 52.2 Å². The van der Waals surface area contributed by atoms with Crippen LogP contribution in [-0.4, -0.2) is 32.2 Å². The summed E-state index contributed by atoms with van der Waals surface area (Å²) < 4.78 is 7.43. The predicted molar refractivity (Wildman–Crippen MR) is 108 cm³/mol. The van der Waals surface area contributed by atoms with Gasteiger partial charge in [-0.3, -0.25) is 14.2 Å². The number of hydrogen-bond acceptors (Lipinski definition) is 6. The fourth-order valence-corrected chi connectivity index (χ4v) is 3.38. The van der Waals surface area contributed by atoms with Gasteiger partial charge in [-0.2, -0.15) is 0 Å². The molecule has 0 saturated carbocycles. The Morgan fingerprint density at radius 3 is 2.54 bits per heavy atom. The van der Waals surface area contributed by atoms with Crippen molar-refractivity contribution in [2.24, 2.45) is 5.92 Å². The lowest BCUT2D eigenvalue weighted by Gasteiger charge is -2.11. The van der Waals surface area contributed by atoms with E-state index in [1.807, 2.05) is 10.6 Å². The number of nitrogens with one attached hydrogen (secondary N) is 1. The molecule has 0 aliphatic carbocycles. The van der Waals surface area contributed by atoms with Gasteiger partial charge in [0.1, 0.15) is 0 Å². The summed E-state index contributed by atoms with van der Waals surface area (Å²) >= 11 is 1.32. The Labute approximate surface area is 167 Å². The van der Waals surface area contributed by atoms with Gasteiger partial charge < -0.3 is 9.73 Å². The van der Waals surface area contributed by atoms with E-state index in [1.165, 1.54) is 18.7 Å². The molecule has 0 aliphatic rings. The summed E-state index contributed by atoms with van der Waals surface area (Å²) in [5.41, 5.74) is 1.26. The number of anilines is 1. The van der Waals surface area contributed by atoms with Gasteiger partial charge in [-0.1, -0.05) is 25.6 Å². The lowest BCUT2D eigenvalue weighted by Crippen LogP contribution is -2.15. The molecule has 1 amide bonds. The largest absolute Gasteiger partial charge is 0.461 e. The van der Waals surface area contributed by atoms with Gasteiger partial charge in [0.15, 0.2) is 22.5 Å². The molecule has 2 heterocycles. The third-order valence-electron chi connectivity index (χ3n) is 3.91. The van der Waals surface area contributed by atoms with Crippen molar-refractivity contribution in [1.29, 1.82) is 0 Å². The van der Waals surface area contributed by atoms with Crippen LogP contribution >= 0.6 is 11.8 Å². The molecule has 0 saturated heterocycles. The number of carbonyl (C=O) groups is 2. The molecule has 0 unspecified atom stereocenters. The number of furan rings is 1. The fraction of sp³-hybridized carbons (Fsp3) is 0.300. The van der Waals surface area contributed by atoms with Gasteiger partial charge in [-0.05, 0) is 49.2 Å². The molecule has 0 spiro atoms. The molecule has 3 aromatic rings. The smallest absolute Gasteiger partial charge is 0.234 e. The van der Waals surface area contributed by atoms with Crippen LogP contribution in [0.1, 0.15) is 31.1 Å². The van der Waals surface area contributed by atoms with Gasteiger partial charge in [0.2, 0.25) is 5.91 Å². The van der Waals surface area contributed by atoms with E-state index in [1.54, 1.807) is 36.6 Å². The Hall–Kier alpha value is -2.87. The minimum absolute atomic E-state index is 0.00900. The average molecular weight is 398 g/mol. The second-order valence-corrected chi connectivity index (χ2v) is 7.70. The number of ketones is 1. The van der Waals surface area contributed by atoms with Crippen LogP contribution in [0.5, 0.6) is 0 Å². The quantitative estimate of drug-likeness (QED) is 0.453. The average Bonchev–Trinajstić information content (AvgIpc) is 3.30. The van der Waals surface area contributed by atoms with Crippen molar-refractivity contribution in [1.82, 2.24) is 14.8 Å². The molecule has 8 heteroatoms. The topological polar surface area (TPSA) is 90.0 Å². The van der Waals surface area contributed by atoms with Crippen molar-refractivity contribution in [2.45, 2.75) is 32.5 Å². The van der Waals surface area contributed by atoms with Crippen LogP contribution in [0.4, 0.5) is 5.69 Å². The molecule has 146 valence electrons. The van der Waals surface area contributed by atoms with Gasteiger partial charge >= 0.3 is 0 Å². The highest BCUT2D eigenvalue weighted by atomic mass is 32.2. The molecule has 0 radical (unpaired) electrons. The van der Waals surface area contributed by atoms with Gasteiger partial charge in [-0.25, -0.2) is 0 Å². The lowest BCUT2D eigenvalue weighted by molar-refractivity contribution is -0.113. The third kappa shape index (κ3) is 4.89. The van der Waals surface area contributed by atoms with E-state index in [0.29, 0.717) is 33.9 Å². The molecule has 28 heavy (non-hydrogen) atoms. The van der Waals surface area contributed by atoms with Gasteiger partial charge in [0, 0.05) is 17.8 Å². The van der Waals surface area contributed by atoms with E-state index in [9.17, 15) is 9.59 Å². The monoisotopic (exact) mass is 398 g/mol. The first-order valence-electron chi connectivity index (χ1n) is 8.94. The Bertz CT molecular complexity index is 947. The molecule has 0 atom stereocenters. The molecular weight excluding hydrogens is 376 g/mol. The van der Waals surface area contributed by atoms with E-state index < -0.39 is 0 Å². The first-order valence-corrected chi connectivity index (χ1v) is 9.93. The number of aromatic nitrogens is 3. The number of nitrogens with zero attached hydrogens (tertiary/aromatic N) is 3. The third-order valence-corrected chi connectivity index (χ3v) is 4.88. The highest BCUT2D eigenvalue weighted by Crippen LogP contribution is 2.25. The summed E-state index contributed by atoms with van der Waals surface area (Å²) in [5.74, 6) is 1.72. The van der Waals surface area contributed by atoms with Crippen molar-refractivity contribution >= 4 is 29.1 Å². The Morgan fingerprint density at radius 2 is 1.93 bits per heavy atom. The Kier molecular flexibility index (Phi) is 6.30. The molecule has 0 aliphatic heterocycles. The number of carbonyl (C=O) groups excluding carboxylic acids is 2. The zero-order valence-corrected chi connectivity index (χ0v) is 16.8. The number of benzene rings is 1. The van der Waals surface area contributed by atoms with Crippen LogP contribution in [-0.2, 0) is 11.3 Å². The molecule has 0 fully saturated rings. The summed E-state index contributed by atoms with van der Waals surface area (Å²) in [6, 6.07) is 10.5. The molecule has 3 rings (SSSR count). The standard InChI is InChI=1S/C20H22N4O3S/c1-13(2)11-24-19(17-5-4-10-27-17)22-23-20(24)28-12-18(26)21-16-8-6-15(7-9-16)14(3)25/h4-10,13H,11-12H2,1-3H3,(H,21,26). The zero-order valence-electron chi connectivity index (χ0n) is 16.0. The van der Waals surface area contributed by atoms with E-state index in [-0.39, 0.29) is 17.4 Å². The summed E-state index contributed by atoms with van der Waals surface area (Å²) in [6.45, 7) is 6.45. The molecule has 1 aromatic carbocycles. The van der Waals surface area contributed by atoms with E-state index >= 15 is 0 Å². The lowest BCUT2D eigenvalue weighted by atomic mass is 10.1. The van der Waals surface area contributed by atoms with Crippen LogP contribution in [0.2, 0.25) is 0 Å². The maximum absolute atomic E-state index is 12.3. The van der Waals surface area contributed by atoms with Crippen molar-refractivity contribution in [3.8, 4) is 11.6 Å². The second-order valence-electron chi connectivity index (χ2n) is 6.76. The minimum atomic E-state index is -0.153. The predicted octanol–water partition coefficient (Wildman–Crippen LogP) is 4.13. The summed E-state index contributed by atoms with van der Waals surface area (Å²) in [6.07, 6.45) is 1.60. The summed E-state index contributed by atoms with van der Waals surface area (Å²) in [4.78, 5) is 23.6. The van der Waals surface area contributed by atoms with Crippen LogP contribution in [0, 0.1) is 5.92 Å². The fourth-order valence-electron chi connectivity index (χ4n) is 2.63. The van der Waals surface area contributed by atoms with Gasteiger partial charge in [-0.15, -0.1) is 10.2 Å².